The lowest BCUT2D eigenvalue weighted by Crippen LogP contribution is -2.62. The molecule has 0 saturated carbocycles. The second kappa shape index (κ2) is 27.5. The summed E-state index contributed by atoms with van der Waals surface area (Å²) < 4.78 is -1.16. The van der Waals surface area contributed by atoms with Crippen LogP contribution in [0.4, 0.5) is 0 Å². The van der Waals surface area contributed by atoms with E-state index in [0.717, 1.165) is 21.6 Å². The van der Waals surface area contributed by atoms with Crippen molar-refractivity contribution in [1.29, 1.82) is 0 Å². The molecule has 1 aromatic rings. The van der Waals surface area contributed by atoms with E-state index >= 15 is 0 Å². The van der Waals surface area contributed by atoms with Crippen LogP contribution in [0.15, 0.2) is 24.3 Å². The van der Waals surface area contributed by atoms with Crippen molar-refractivity contribution in [2.75, 3.05) is 18.8 Å². The molecule has 2 heterocycles. The normalized spacial score (nSPS) is 24.7. The van der Waals surface area contributed by atoms with Crippen LogP contribution < -0.4 is 60.2 Å². The molecule has 0 aliphatic carbocycles. The highest BCUT2D eigenvalue weighted by Gasteiger charge is 2.42. The van der Waals surface area contributed by atoms with E-state index in [1.165, 1.54) is 17.0 Å². The summed E-state index contributed by atoms with van der Waals surface area (Å²) in [5, 5.41) is 27.9. The fourth-order valence-electron chi connectivity index (χ4n) is 7.63. The van der Waals surface area contributed by atoms with E-state index in [0.29, 0.717) is 18.4 Å². The van der Waals surface area contributed by atoms with Crippen molar-refractivity contribution in [2.45, 2.75) is 146 Å². The summed E-state index contributed by atoms with van der Waals surface area (Å²) in [5.41, 5.74) is 23.3. The number of nitrogens with two attached hydrogens (primary N) is 4. The van der Waals surface area contributed by atoms with Crippen LogP contribution in [0.3, 0.4) is 0 Å². The number of benzene rings is 1. The highest BCUT2D eigenvalue weighted by Crippen LogP contribution is 2.38. The summed E-state index contributed by atoms with van der Waals surface area (Å²) in [6.45, 7) is 9.87. The Kier molecular flexibility index (Phi) is 22.9. The first kappa shape index (κ1) is 59.2. The summed E-state index contributed by atoms with van der Waals surface area (Å²) in [4.78, 5) is 149. The Bertz CT molecular complexity index is 2130. The van der Waals surface area contributed by atoms with Crippen LogP contribution in [0.1, 0.15) is 92.1 Å². The summed E-state index contributed by atoms with van der Waals surface area (Å²) in [6.07, 6.45) is -0.746. The second-order valence-electron chi connectivity index (χ2n) is 18.7. The third-order valence-electron chi connectivity index (χ3n) is 11.9. The van der Waals surface area contributed by atoms with E-state index in [4.69, 9.17) is 22.9 Å². The quantitative estimate of drug-likeness (QED) is 0.0700. The molecule has 394 valence electrons. The molecular weight excluding hydrogens is 965 g/mol. The number of aromatic hydroxyl groups is 1. The first-order valence-electron chi connectivity index (χ1n) is 23.3. The van der Waals surface area contributed by atoms with Gasteiger partial charge in [-0.25, -0.2) is 0 Å². The lowest BCUT2D eigenvalue weighted by Gasteiger charge is -2.33. The van der Waals surface area contributed by atoms with Gasteiger partial charge in [-0.15, -0.1) is 0 Å². The van der Waals surface area contributed by atoms with Crippen molar-refractivity contribution in [3.05, 3.63) is 29.8 Å². The highest BCUT2D eigenvalue weighted by molar-refractivity contribution is 8.77. The van der Waals surface area contributed by atoms with Gasteiger partial charge < -0.3 is 70.2 Å². The maximum absolute atomic E-state index is 14.7. The number of carbonyl (C=O) groups is 11. The van der Waals surface area contributed by atoms with Gasteiger partial charge in [0.25, 0.3) is 0 Å². The predicted octanol–water partition coefficient (Wildman–Crippen LogP) is -2.83. The molecule has 9 atom stereocenters. The van der Waals surface area contributed by atoms with Gasteiger partial charge in [-0.05, 0) is 69.1 Å². The molecule has 0 aromatic heterocycles. The van der Waals surface area contributed by atoms with Gasteiger partial charge in [0.1, 0.15) is 48.0 Å². The highest BCUT2D eigenvalue weighted by atomic mass is 33.1. The predicted molar refractivity (Wildman–Crippen MR) is 264 cm³/mol. The molecule has 2 saturated heterocycles. The topological polar surface area (TPSA) is 400 Å². The lowest BCUT2D eigenvalue weighted by atomic mass is 9.96. The molecule has 0 bridgehead atoms. The zero-order valence-electron chi connectivity index (χ0n) is 40.9. The molecule has 26 heteroatoms. The number of carbonyl (C=O) groups excluding carboxylic acids is 11. The number of phenolic OH excluding ortho intramolecular Hbond substituents is 1. The number of hydrogen-bond acceptors (Lipinski definition) is 15. The lowest BCUT2D eigenvalue weighted by molar-refractivity contribution is -0.142. The molecule has 11 amide bonds. The third kappa shape index (κ3) is 18.5. The Hall–Kier alpha value is -6.15. The number of hydrogen-bond donors (Lipinski definition) is 12. The van der Waals surface area contributed by atoms with Gasteiger partial charge in [0, 0.05) is 29.9 Å². The van der Waals surface area contributed by atoms with E-state index in [-0.39, 0.29) is 43.2 Å². The minimum Gasteiger partial charge on any atom is -0.508 e. The number of phenols is 1. The first-order valence-corrected chi connectivity index (χ1v) is 25.7. The minimum absolute atomic E-state index is 0.0412. The SMILES string of the molecule is CC[C@@H](C)[C@@H]1NC(=O)[C@@H](Cc2ccc(O)cc2)NC(=O)[C@@H](N)C(C)(C)SSC[C@@H](C(=O)N2CCC[C@@H]2C(=O)N[C@@H](CC(C)C)C(=O)NCC(N)=O)NC(=O)[C@H](CC(N)=O)NC(=O)[C@@H](CCC(N)=O)NC1=O. The van der Waals surface area contributed by atoms with E-state index in [9.17, 15) is 57.8 Å². The summed E-state index contributed by atoms with van der Waals surface area (Å²) >= 11 is 0. The van der Waals surface area contributed by atoms with Gasteiger partial charge in [-0.3, -0.25) is 52.7 Å². The Labute approximate surface area is 420 Å². The summed E-state index contributed by atoms with van der Waals surface area (Å²) in [6, 6.07) is -5.23. The number of rotatable bonds is 17. The fraction of sp³-hybridized carbons (Fsp3) is 0.622. The van der Waals surface area contributed by atoms with Crippen LogP contribution in [0.2, 0.25) is 0 Å². The van der Waals surface area contributed by atoms with Crippen LogP contribution in [0.5, 0.6) is 5.75 Å². The maximum Gasteiger partial charge on any atom is 0.246 e. The van der Waals surface area contributed by atoms with E-state index < -0.39 is 150 Å². The molecule has 2 aliphatic heterocycles. The van der Waals surface area contributed by atoms with Crippen LogP contribution in [0.25, 0.3) is 0 Å². The van der Waals surface area contributed by atoms with Crippen LogP contribution in [0, 0.1) is 11.8 Å². The number of nitrogens with one attached hydrogen (secondary N) is 7. The molecule has 24 nitrogen and oxygen atoms in total. The van der Waals surface area contributed by atoms with Gasteiger partial charge in [0.2, 0.25) is 65.0 Å². The van der Waals surface area contributed by atoms with E-state index in [1.807, 2.05) is 13.8 Å². The molecule has 2 aliphatic rings. The van der Waals surface area contributed by atoms with Gasteiger partial charge in [0.15, 0.2) is 0 Å². The molecule has 0 unspecified atom stereocenters. The standard InChI is InChI=1S/C45H70N12O12S2/c1-7-23(4)35-42(67)51-26(14-15-32(46)59)38(63)52-29(19-33(47)60)39(64)55-30(44(69)57-16-8-9-31(57)41(66)53-27(17-22(2)3)37(62)50-20-34(48)61)21-70-71-45(5,6)36(49)43(68)54-28(40(65)56-35)18-24-10-12-25(58)13-11-24/h10-13,22-23,26-31,35-36,58H,7-9,14-21,49H2,1-6H3,(H2,46,59)(H2,47,60)(H2,48,61)(H,50,62)(H,51,67)(H,52,63)(H,53,66)(H,54,68)(H,55,64)(H,56,65)/t23-,26-,27+,28-,29+,30+,31-,35+,36-/m1/s1. The Morgan fingerprint density at radius 1 is 0.817 bits per heavy atom. The molecule has 71 heavy (non-hydrogen) atoms. The Balaban J connectivity index is 2.12. The number of primary amides is 3. The molecule has 0 spiro atoms. The third-order valence-corrected chi connectivity index (χ3v) is 15.2. The summed E-state index contributed by atoms with van der Waals surface area (Å²) in [5.74, 6) is -10.4. The number of nitrogens with zero attached hydrogens (tertiary/aromatic N) is 1. The second-order valence-corrected chi connectivity index (χ2v) is 21.7. The molecular formula is C45H70N12O12S2. The largest absolute Gasteiger partial charge is 0.508 e. The molecule has 3 rings (SSSR count). The van der Waals surface area contributed by atoms with E-state index in [2.05, 4.69) is 37.2 Å². The number of likely N-dealkylation sites (tertiary alicyclic amines) is 1. The maximum atomic E-state index is 14.7. The molecule has 2 fully saturated rings. The Morgan fingerprint density at radius 2 is 1.42 bits per heavy atom. The van der Waals surface area contributed by atoms with Crippen molar-refractivity contribution >= 4 is 86.6 Å². The summed E-state index contributed by atoms with van der Waals surface area (Å²) in [7, 11) is 2.08. The van der Waals surface area contributed by atoms with Crippen molar-refractivity contribution in [2.24, 2.45) is 34.8 Å². The first-order chi connectivity index (χ1) is 33.2. The van der Waals surface area contributed by atoms with Gasteiger partial charge in [0.05, 0.1) is 19.0 Å². The fourth-order valence-corrected chi connectivity index (χ4v) is 10.4. The van der Waals surface area contributed by atoms with Crippen LogP contribution in [-0.4, -0.2) is 147 Å². The minimum atomic E-state index is -1.76. The zero-order valence-corrected chi connectivity index (χ0v) is 42.5. The van der Waals surface area contributed by atoms with Gasteiger partial charge >= 0.3 is 0 Å². The van der Waals surface area contributed by atoms with Crippen molar-refractivity contribution in [3.63, 3.8) is 0 Å². The number of amides is 11. The van der Waals surface area contributed by atoms with Gasteiger partial charge in [-0.1, -0.05) is 67.8 Å². The average molecular weight is 1040 g/mol. The Morgan fingerprint density at radius 3 is 2.01 bits per heavy atom. The molecule has 16 N–H and O–H groups in total. The van der Waals surface area contributed by atoms with E-state index in [1.54, 1.807) is 39.8 Å². The van der Waals surface area contributed by atoms with Crippen LogP contribution >= 0.6 is 21.6 Å². The van der Waals surface area contributed by atoms with Crippen LogP contribution in [-0.2, 0) is 59.2 Å². The van der Waals surface area contributed by atoms with Crippen molar-refractivity contribution in [1.82, 2.24) is 42.1 Å². The zero-order chi connectivity index (χ0) is 53.3. The average Bonchev–Trinajstić information content (AvgIpc) is 3.79. The van der Waals surface area contributed by atoms with Crippen molar-refractivity contribution in [3.8, 4) is 5.75 Å². The smallest absolute Gasteiger partial charge is 0.246 e. The molecule has 1 aromatic carbocycles. The molecule has 0 radical (unpaired) electrons. The monoisotopic (exact) mass is 1030 g/mol. The van der Waals surface area contributed by atoms with Crippen molar-refractivity contribution < 1.29 is 57.8 Å². The van der Waals surface area contributed by atoms with Gasteiger partial charge in [-0.2, -0.15) is 0 Å².